The molecule has 1 saturated carbocycles. The largest absolute Gasteiger partial charge is 0.461 e. The van der Waals surface area contributed by atoms with Crippen LogP contribution in [0.3, 0.4) is 0 Å². The first-order valence-electron chi connectivity index (χ1n) is 11.5. The lowest BCUT2D eigenvalue weighted by atomic mass is 9.98. The zero-order valence-corrected chi connectivity index (χ0v) is 19.3. The number of carbonyl (C=O) groups is 1. The third kappa shape index (κ3) is 6.47. The highest BCUT2D eigenvalue weighted by Gasteiger charge is 2.28. The molecule has 0 spiro atoms. The molecule has 0 aliphatic heterocycles. The maximum atomic E-state index is 12.0. The predicted molar refractivity (Wildman–Crippen MR) is 129 cm³/mol. The first-order chi connectivity index (χ1) is 15.8. The highest BCUT2D eigenvalue weighted by molar-refractivity contribution is 7.97. The molecule has 0 bridgehead atoms. The van der Waals surface area contributed by atoms with E-state index >= 15 is 0 Å². The number of ether oxygens (including phenoxy) is 2. The molecule has 0 unspecified atom stereocenters. The van der Waals surface area contributed by atoms with Crippen molar-refractivity contribution >= 4 is 16.9 Å². The molecule has 0 radical (unpaired) electrons. The minimum absolute atomic E-state index is 0.0417. The van der Waals surface area contributed by atoms with Crippen LogP contribution in [0.1, 0.15) is 37.7 Å². The third-order valence-electron chi connectivity index (χ3n) is 5.72. The summed E-state index contributed by atoms with van der Waals surface area (Å²) in [4.78, 5) is 15.9. The van der Waals surface area contributed by atoms with Gasteiger partial charge in [-0.25, -0.2) is 4.79 Å². The van der Waals surface area contributed by atoms with E-state index in [0.29, 0.717) is 6.61 Å². The van der Waals surface area contributed by atoms with Crippen LogP contribution in [0.4, 0.5) is 0 Å². The Kier molecular flexibility index (Phi) is 8.41. The van der Waals surface area contributed by atoms with Gasteiger partial charge in [-0.3, -0.25) is 0 Å². The number of rotatable bonds is 9. The smallest absolute Gasteiger partial charge is 0.332 e. The summed E-state index contributed by atoms with van der Waals surface area (Å²) in [6.07, 6.45) is 6.42. The molecule has 32 heavy (non-hydrogen) atoms. The van der Waals surface area contributed by atoms with E-state index in [2.05, 4.69) is 84.9 Å². The Bertz CT molecular complexity index is 911. The van der Waals surface area contributed by atoms with E-state index < -0.39 is 0 Å². The molecule has 0 aromatic heterocycles. The molecule has 0 atom stereocenters. The van der Waals surface area contributed by atoms with Gasteiger partial charge in [-0.05, 0) is 74.1 Å². The number of benzene rings is 3. The molecular weight excluding hydrogens is 416 g/mol. The minimum Gasteiger partial charge on any atom is -0.461 e. The van der Waals surface area contributed by atoms with Crippen LogP contribution in [0.25, 0.3) is 0 Å². The van der Waals surface area contributed by atoms with Crippen LogP contribution >= 0.6 is 0 Å². The van der Waals surface area contributed by atoms with E-state index in [1.165, 1.54) is 26.7 Å². The van der Waals surface area contributed by atoms with Gasteiger partial charge in [0.1, 0.15) is 12.7 Å². The maximum absolute atomic E-state index is 12.0. The Morgan fingerprint density at radius 2 is 1.31 bits per heavy atom. The van der Waals surface area contributed by atoms with E-state index in [-0.39, 0.29) is 29.6 Å². The average Bonchev–Trinajstić information content (AvgIpc) is 2.85. The fourth-order valence-electron chi connectivity index (χ4n) is 4.06. The normalized spacial score (nSPS) is 14.4. The molecule has 3 aromatic carbocycles. The second kappa shape index (κ2) is 11.9. The van der Waals surface area contributed by atoms with Gasteiger partial charge in [0, 0.05) is 0 Å². The van der Waals surface area contributed by atoms with Gasteiger partial charge in [-0.1, -0.05) is 55.0 Å². The fraction of sp³-hybridized carbons (Fsp3) is 0.321. The molecule has 0 N–H and O–H groups in total. The Morgan fingerprint density at radius 1 is 0.750 bits per heavy atom. The van der Waals surface area contributed by atoms with E-state index in [9.17, 15) is 4.79 Å². The van der Waals surface area contributed by atoms with Crippen LogP contribution in [-0.4, -0.2) is 25.3 Å². The molecule has 0 amide bonds. The highest BCUT2D eigenvalue weighted by atomic mass is 32.2. The topological polar surface area (TPSA) is 35.5 Å². The van der Waals surface area contributed by atoms with E-state index in [0.717, 1.165) is 32.1 Å². The second-order valence-electron chi connectivity index (χ2n) is 8.13. The molecular formula is C28H31O3S+. The number of carbonyl (C=O) groups excluding carboxylic acids is 1. The van der Waals surface area contributed by atoms with Gasteiger partial charge in [0.2, 0.25) is 0 Å². The molecule has 1 aliphatic carbocycles. The standard InChI is InChI=1S/C28H31O3S/c29-28(31-24-10-4-1-5-11-24)22-30-21-20-23-16-18-27(19-17-23)32(25-12-6-2-7-13-25)26-14-8-3-9-15-26/h2-3,6-9,12-19,24H,1,4-5,10-11,20-22H2/q+1. The SMILES string of the molecule is O=C(COCCc1ccc([S+](c2ccccc2)c2ccccc2)cc1)OC1CCCCC1. The number of esters is 1. The molecule has 1 aliphatic rings. The van der Waals surface area contributed by atoms with Crippen molar-refractivity contribution < 1.29 is 14.3 Å². The van der Waals surface area contributed by atoms with Gasteiger partial charge in [0.25, 0.3) is 0 Å². The Hall–Kier alpha value is -2.56. The summed E-state index contributed by atoms with van der Waals surface area (Å²) >= 11 is 0. The summed E-state index contributed by atoms with van der Waals surface area (Å²) in [5.74, 6) is -0.234. The molecule has 0 heterocycles. The van der Waals surface area contributed by atoms with Gasteiger partial charge in [0.15, 0.2) is 14.7 Å². The molecule has 166 valence electrons. The van der Waals surface area contributed by atoms with Crippen molar-refractivity contribution in [3.63, 3.8) is 0 Å². The fourth-order valence-corrected chi connectivity index (χ4v) is 6.15. The monoisotopic (exact) mass is 447 g/mol. The minimum atomic E-state index is -0.234. The molecule has 3 nitrogen and oxygen atoms in total. The lowest BCUT2D eigenvalue weighted by Gasteiger charge is -2.21. The zero-order chi connectivity index (χ0) is 22.0. The lowest BCUT2D eigenvalue weighted by molar-refractivity contribution is -0.155. The van der Waals surface area contributed by atoms with Gasteiger partial charge in [-0.2, -0.15) is 0 Å². The quantitative estimate of drug-likeness (QED) is 0.222. The predicted octanol–water partition coefficient (Wildman–Crippen LogP) is 6.22. The molecule has 4 rings (SSSR count). The van der Waals surface area contributed by atoms with Crippen LogP contribution in [0, 0.1) is 0 Å². The number of hydrogen-bond acceptors (Lipinski definition) is 3. The van der Waals surface area contributed by atoms with Gasteiger partial charge >= 0.3 is 5.97 Å². The Balaban J connectivity index is 1.31. The molecule has 3 aromatic rings. The van der Waals surface area contributed by atoms with Crippen molar-refractivity contribution in [2.75, 3.05) is 13.2 Å². The lowest BCUT2D eigenvalue weighted by Crippen LogP contribution is -2.23. The molecule has 4 heteroatoms. The van der Waals surface area contributed by atoms with Gasteiger partial charge in [0.05, 0.1) is 17.5 Å². The summed E-state index contributed by atoms with van der Waals surface area (Å²) in [7, 11) is -0.133. The highest BCUT2D eigenvalue weighted by Crippen LogP contribution is 2.31. The van der Waals surface area contributed by atoms with E-state index in [1.807, 2.05) is 0 Å². The van der Waals surface area contributed by atoms with Gasteiger partial charge in [-0.15, -0.1) is 0 Å². The zero-order valence-electron chi connectivity index (χ0n) is 18.5. The van der Waals surface area contributed by atoms with Crippen molar-refractivity contribution in [2.45, 2.75) is 59.3 Å². The summed E-state index contributed by atoms with van der Waals surface area (Å²) in [5, 5.41) is 0. The first kappa shape index (κ1) is 22.6. The average molecular weight is 448 g/mol. The van der Waals surface area contributed by atoms with Crippen molar-refractivity contribution in [1.29, 1.82) is 0 Å². The van der Waals surface area contributed by atoms with Crippen molar-refractivity contribution in [3.8, 4) is 0 Å². The Morgan fingerprint density at radius 3 is 1.91 bits per heavy atom. The van der Waals surface area contributed by atoms with Crippen LogP contribution < -0.4 is 0 Å². The summed E-state index contributed by atoms with van der Waals surface area (Å²) in [5.41, 5.74) is 1.21. The summed E-state index contributed by atoms with van der Waals surface area (Å²) in [6, 6.07) is 30.1. The summed E-state index contributed by atoms with van der Waals surface area (Å²) < 4.78 is 11.1. The third-order valence-corrected chi connectivity index (χ3v) is 7.95. The van der Waals surface area contributed by atoms with Crippen LogP contribution in [0.15, 0.2) is 99.6 Å². The van der Waals surface area contributed by atoms with E-state index in [4.69, 9.17) is 9.47 Å². The second-order valence-corrected chi connectivity index (χ2v) is 10.2. The van der Waals surface area contributed by atoms with Gasteiger partial charge < -0.3 is 9.47 Å². The molecule has 1 fully saturated rings. The first-order valence-corrected chi connectivity index (χ1v) is 12.7. The molecule has 0 saturated heterocycles. The van der Waals surface area contributed by atoms with Crippen molar-refractivity contribution in [1.82, 2.24) is 0 Å². The van der Waals surface area contributed by atoms with Crippen LogP contribution in [-0.2, 0) is 31.6 Å². The van der Waals surface area contributed by atoms with Crippen LogP contribution in [0.5, 0.6) is 0 Å². The van der Waals surface area contributed by atoms with Crippen molar-refractivity contribution in [2.24, 2.45) is 0 Å². The van der Waals surface area contributed by atoms with E-state index in [1.54, 1.807) is 0 Å². The Labute approximate surface area is 194 Å². The maximum Gasteiger partial charge on any atom is 0.332 e. The van der Waals surface area contributed by atoms with Crippen LogP contribution in [0.2, 0.25) is 0 Å². The number of hydrogen-bond donors (Lipinski definition) is 0. The summed E-state index contributed by atoms with van der Waals surface area (Å²) in [6.45, 7) is 0.558. The van der Waals surface area contributed by atoms with Crippen molar-refractivity contribution in [3.05, 3.63) is 90.5 Å².